The summed E-state index contributed by atoms with van der Waals surface area (Å²) < 4.78 is 0. The smallest absolute Gasteiger partial charge is 0.219 e. The minimum Gasteiger partial charge on any atom is -0.341 e. The molecule has 0 saturated carbocycles. The Labute approximate surface area is 67.8 Å². The molecule has 0 aromatic rings. The molecule has 1 fully saturated rings. The molecule has 0 radical (unpaired) electrons. The van der Waals surface area contributed by atoms with Gasteiger partial charge in [-0.15, -0.1) is 0 Å². The van der Waals surface area contributed by atoms with E-state index in [1.807, 2.05) is 11.9 Å². The first-order valence-electron chi connectivity index (χ1n) is 4.07. The monoisotopic (exact) mass is 156 g/mol. The van der Waals surface area contributed by atoms with Gasteiger partial charge in [-0.1, -0.05) is 6.92 Å². The number of carbonyl (C=O) groups excluding carboxylic acids is 1. The topological polar surface area (TPSA) is 32.3 Å². The van der Waals surface area contributed by atoms with Crippen LogP contribution in [0.15, 0.2) is 0 Å². The van der Waals surface area contributed by atoms with Gasteiger partial charge < -0.3 is 10.2 Å². The van der Waals surface area contributed by atoms with Crippen LogP contribution in [0.25, 0.3) is 0 Å². The number of amides is 1. The van der Waals surface area contributed by atoms with Crippen LogP contribution in [0, 0.1) is 5.92 Å². The number of rotatable bonds is 1. The van der Waals surface area contributed by atoms with Crippen molar-refractivity contribution >= 4 is 5.91 Å². The highest BCUT2D eigenvalue weighted by Crippen LogP contribution is 2.13. The molecule has 1 aliphatic heterocycles. The SMILES string of the molecule is CC(=O)N(C)C1CNCC1C. The number of carbonyl (C=O) groups is 1. The second-order valence-corrected chi connectivity index (χ2v) is 3.33. The summed E-state index contributed by atoms with van der Waals surface area (Å²) >= 11 is 0. The number of hydrogen-bond acceptors (Lipinski definition) is 2. The molecule has 64 valence electrons. The summed E-state index contributed by atoms with van der Waals surface area (Å²) in [7, 11) is 1.87. The van der Waals surface area contributed by atoms with Gasteiger partial charge in [0.1, 0.15) is 0 Å². The fourth-order valence-electron chi connectivity index (χ4n) is 1.55. The molecule has 0 bridgehead atoms. The molecule has 2 atom stereocenters. The van der Waals surface area contributed by atoms with Crippen LogP contribution >= 0.6 is 0 Å². The molecule has 0 spiro atoms. The summed E-state index contributed by atoms with van der Waals surface area (Å²) in [6, 6.07) is 0.396. The number of nitrogens with one attached hydrogen (secondary N) is 1. The Kier molecular flexibility index (Phi) is 2.49. The van der Waals surface area contributed by atoms with E-state index >= 15 is 0 Å². The zero-order valence-corrected chi connectivity index (χ0v) is 7.42. The van der Waals surface area contributed by atoms with Crippen molar-refractivity contribution in [2.75, 3.05) is 20.1 Å². The molecule has 3 heteroatoms. The van der Waals surface area contributed by atoms with Gasteiger partial charge in [-0.3, -0.25) is 4.79 Å². The molecule has 1 aliphatic rings. The van der Waals surface area contributed by atoms with E-state index in [1.165, 1.54) is 0 Å². The Morgan fingerprint density at radius 3 is 2.55 bits per heavy atom. The third-order valence-electron chi connectivity index (χ3n) is 2.47. The molecule has 0 aliphatic carbocycles. The summed E-state index contributed by atoms with van der Waals surface area (Å²) in [5.41, 5.74) is 0. The lowest BCUT2D eigenvalue weighted by Gasteiger charge is -2.25. The molecular formula is C8H16N2O. The summed E-state index contributed by atoms with van der Waals surface area (Å²) in [6.45, 7) is 5.76. The first-order valence-corrected chi connectivity index (χ1v) is 4.07. The lowest BCUT2D eigenvalue weighted by molar-refractivity contribution is -0.129. The minimum atomic E-state index is 0.158. The molecule has 1 heterocycles. The van der Waals surface area contributed by atoms with Crippen LogP contribution in [0.3, 0.4) is 0 Å². The van der Waals surface area contributed by atoms with Gasteiger partial charge >= 0.3 is 0 Å². The Balaban J connectivity index is 2.52. The fraction of sp³-hybridized carbons (Fsp3) is 0.875. The predicted molar refractivity (Wildman–Crippen MR) is 44.3 cm³/mol. The van der Waals surface area contributed by atoms with E-state index in [0.29, 0.717) is 12.0 Å². The van der Waals surface area contributed by atoms with Crippen LogP contribution in [-0.2, 0) is 4.79 Å². The van der Waals surface area contributed by atoms with Gasteiger partial charge in [-0.05, 0) is 12.5 Å². The molecule has 1 saturated heterocycles. The van der Waals surface area contributed by atoms with Gasteiger partial charge in [0.15, 0.2) is 0 Å². The molecular weight excluding hydrogens is 140 g/mol. The van der Waals surface area contributed by atoms with Crippen molar-refractivity contribution in [3.8, 4) is 0 Å². The maximum atomic E-state index is 11.0. The van der Waals surface area contributed by atoms with E-state index < -0.39 is 0 Å². The maximum absolute atomic E-state index is 11.0. The van der Waals surface area contributed by atoms with Crippen LogP contribution in [-0.4, -0.2) is 37.0 Å². The normalized spacial score (nSPS) is 30.5. The Hall–Kier alpha value is -0.570. The highest BCUT2D eigenvalue weighted by molar-refractivity contribution is 5.73. The molecule has 2 unspecified atom stereocenters. The summed E-state index contributed by atoms with van der Waals surface area (Å²) in [6.07, 6.45) is 0. The van der Waals surface area contributed by atoms with E-state index in [9.17, 15) is 4.79 Å². The van der Waals surface area contributed by atoms with Crippen molar-refractivity contribution in [1.82, 2.24) is 10.2 Å². The maximum Gasteiger partial charge on any atom is 0.219 e. The highest BCUT2D eigenvalue weighted by Gasteiger charge is 2.27. The Bertz CT molecular complexity index is 158. The largest absolute Gasteiger partial charge is 0.341 e. The zero-order valence-electron chi connectivity index (χ0n) is 7.42. The molecule has 1 N–H and O–H groups in total. The average molecular weight is 156 g/mol. The van der Waals surface area contributed by atoms with Crippen molar-refractivity contribution in [2.45, 2.75) is 19.9 Å². The van der Waals surface area contributed by atoms with Gasteiger partial charge in [-0.2, -0.15) is 0 Å². The van der Waals surface area contributed by atoms with E-state index in [2.05, 4.69) is 12.2 Å². The Morgan fingerprint density at radius 1 is 1.55 bits per heavy atom. The van der Waals surface area contributed by atoms with Crippen LogP contribution in [0.5, 0.6) is 0 Å². The molecule has 0 aromatic heterocycles. The van der Waals surface area contributed by atoms with Crippen molar-refractivity contribution in [2.24, 2.45) is 5.92 Å². The van der Waals surface area contributed by atoms with Crippen molar-refractivity contribution in [3.63, 3.8) is 0 Å². The predicted octanol–water partition coefficient (Wildman–Crippen LogP) is 0.0726. The van der Waals surface area contributed by atoms with Gasteiger partial charge in [0.05, 0.1) is 0 Å². The van der Waals surface area contributed by atoms with Crippen molar-refractivity contribution in [1.29, 1.82) is 0 Å². The summed E-state index contributed by atoms with van der Waals surface area (Å²) in [4.78, 5) is 12.8. The van der Waals surface area contributed by atoms with E-state index in [0.717, 1.165) is 13.1 Å². The van der Waals surface area contributed by atoms with Gasteiger partial charge in [0.25, 0.3) is 0 Å². The van der Waals surface area contributed by atoms with Crippen molar-refractivity contribution < 1.29 is 4.79 Å². The third kappa shape index (κ3) is 1.71. The molecule has 0 aromatic carbocycles. The highest BCUT2D eigenvalue weighted by atomic mass is 16.2. The minimum absolute atomic E-state index is 0.158. The van der Waals surface area contributed by atoms with E-state index in [1.54, 1.807) is 6.92 Å². The molecule has 1 rings (SSSR count). The van der Waals surface area contributed by atoms with Crippen LogP contribution in [0.2, 0.25) is 0 Å². The lowest BCUT2D eigenvalue weighted by Crippen LogP contribution is -2.39. The number of nitrogens with zero attached hydrogens (tertiary/aromatic N) is 1. The van der Waals surface area contributed by atoms with Crippen LogP contribution in [0.1, 0.15) is 13.8 Å². The first-order chi connectivity index (χ1) is 5.13. The average Bonchev–Trinajstić information content (AvgIpc) is 2.33. The molecule has 1 amide bonds. The zero-order chi connectivity index (χ0) is 8.43. The summed E-state index contributed by atoms with van der Waals surface area (Å²) in [5, 5.41) is 3.26. The number of likely N-dealkylation sites (N-methyl/N-ethyl adjacent to an activating group) is 1. The van der Waals surface area contributed by atoms with E-state index in [4.69, 9.17) is 0 Å². The van der Waals surface area contributed by atoms with Gasteiger partial charge in [0.2, 0.25) is 5.91 Å². The van der Waals surface area contributed by atoms with Gasteiger partial charge in [-0.25, -0.2) is 0 Å². The Morgan fingerprint density at radius 2 is 2.18 bits per heavy atom. The molecule has 11 heavy (non-hydrogen) atoms. The number of hydrogen-bond donors (Lipinski definition) is 1. The second kappa shape index (κ2) is 3.22. The van der Waals surface area contributed by atoms with Gasteiger partial charge in [0, 0.05) is 26.6 Å². The van der Waals surface area contributed by atoms with Crippen LogP contribution < -0.4 is 5.32 Å². The quantitative estimate of drug-likeness (QED) is 0.583. The fourth-order valence-corrected chi connectivity index (χ4v) is 1.55. The van der Waals surface area contributed by atoms with Crippen molar-refractivity contribution in [3.05, 3.63) is 0 Å². The lowest BCUT2D eigenvalue weighted by atomic mass is 10.1. The standard InChI is InChI=1S/C8H16N2O/c1-6-4-9-5-8(6)10(3)7(2)11/h6,8-9H,4-5H2,1-3H3. The van der Waals surface area contributed by atoms with E-state index in [-0.39, 0.29) is 5.91 Å². The summed E-state index contributed by atoms with van der Waals surface area (Å²) in [5.74, 6) is 0.745. The third-order valence-corrected chi connectivity index (χ3v) is 2.47. The first kappa shape index (κ1) is 8.53. The van der Waals surface area contributed by atoms with Crippen LogP contribution in [0.4, 0.5) is 0 Å². The molecule has 3 nitrogen and oxygen atoms in total. The second-order valence-electron chi connectivity index (χ2n) is 3.33.